The van der Waals surface area contributed by atoms with Crippen molar-refractivity contribution in [3.63, 3.8) is 0 Å². The average Bonchev–Trinajstić information content (AvgIpc) is 2.86. The van der Waals surface area contributed by atoms with Crippen LogP contribution >= 0.6 is 0 Å². The summed E-state index contributed by atoms with van der Waals surface area (Å²) < 4.78 is 0. The zero-order valence-corrected chi connectivity index (χ0v) is 11.1. The number of benzene rings is 1. The fraction of sp³-hybridized carbons (Fsp3) is 0.429. The molecular weight excluding hydrogens is 240 g/mol. The Balaban J connectivity index is 1.80. The Labute approximate surface area is 112 Å². The maximum atomic E-state index is 11.6. The minimum absolute atomic E-state index is 0.0700. The lowest BCUT2D eigenvalue weighted by molar-refractivity contribution is -0.121. The van der Waals surface area contributed by atoms with Crippen LogP contribution in [0.1, 0.15) is 18.9 Å². The molecule has 19 heavy (non-hydrogen) atoms. The number of imidazole rings is 1. The van der Waals surface area contributed by atoms with E-state index in [4.69, 9.17) is 5.73 Å². The number of nitrogens with one attached hydrogen (secondary N) is 2. The lowest BCUT2D eigenvalue weighted by Gasteiger charge is -2.09. The van der Waals surface area contributed by atoms with Crippen molar-refractivity contribution in [1.82, 2.24) is 15.3 Å². The summed E-state index contributed by atoms with van der Waals surface area (Å²) in [5, 5.41) is 2.92. The van der Waals surface area contributed by atoms with Gasteiger partial charge in [-0.15, -0.1) is 0 Å². The Bertz CT molecular complexity index is 549. The van der Waals surface area contributed by atoms with Gasteiger partial charge in [-0.1, -0.05) is 13.0 Å². The number of hydrogen-bond donors (Lipinski definition) is 3. The lowest BCUT2D eigenvalue weighted by Crippen LogP contribution is -2.28. The maximum Gasteiger partial charge on any atom is 0.220 e. The van der Waals surface area contributed by atoms with Crippen molar-refractivity contribution >= 4 is 16.9 Å². The van der Waals surface area contributed by atoms with E-state index in [-0.39, 0.29) is 11.8 Å². The smallest absolute Gasteiger partial charge is 0.220 e. The second-order valence-electron chi connectivity index (χ2n) is 4.90. The number of fused-ring (bicyclic) bond motifs is 1. The normalized spacial score (nSPS) is 12.5. The molecule has 0 aliphatic rings. The molecule has 0 radical (unpaired) electrons. The van der Waals surface area contributed by atoms with E-state index >= 15 is 0 Å². The van der Waals surface area contributed by atoms with Gasteiger partial charge in [0.05, 0.1) is 17.4 Å². The number of rotatable bonds is 6. The molecule has 0 fully saturated rings. The molecule has 4 N–H and O–H groups in total. The second kappa shape index (κ2) is 6.33. The summed E-state index contributed by atoms with van der Waals surface area (Å²) in [6.07, 6.45) is 3.00. The third-order valence-electron chi connectivity index (χ3n) is 3.16. The maximum absolute atomic E-state index is 11.6. The van der Waals surface area contributed by atoms with Gasteiger partial charge in [0.2, 0.25) is 5.91 Å². The molecular formula is C14H20N4O. The highest BCUT2D eigenvalue weighted by atomic mass is 16.1. The van der Waals surface area contributed by atoms with Crippen molar-refractivity contribution in [3.8, 4) is 0 Å². The summed E-state index contributed by atoms with van der Waals surface area (Å²) in [5.41, 5.74) is 8.67. The first-order valence-electron chi connectivity index (χ1n) is 6.58. The van der Waals surface area contributed by atoms with E-state index in [1.165, 1.54) is 5.56 Å². The quantitative estimate of drug-likeness (QED) is 0.730. The molecule has 1 atom stereocenters. The number of hydrogen-bond acceptors (Lipinski definition) is 3. The van der Waals surface area contributed by atoms with Crippen LogP contribution in [0, 0.1) is 5.92 Å². The molecule has 102 valence electrons. The summed E-state index contributed by atoms with van der Waals surface area (Å²) >= 11 is 0. The van der Waals surface area contributed by atoms with Gasteiger partial charge in [0.25, 0.3) is 0 Å². The monoisotopic (exact) mass is 260 g/mol. The van der Waals surface area contributed by atoms with Gasteiger partial charge in [-0.3, -0.25) is 4.79 Å². The van der Waals surface area contributed by atoms with Gasteiger partial charge in [0.15, 0.2) is 0 Å². The fourth-order valence-corrected chi connectivity index (χ4v) is 1.96. The van der Waals surface area contributed by atoms with Crippen LogP contribution in [0.15, 0.2) is 24.5 Å². The first kappa shape index (κ1) is 13.5. The summed E-state index contributed by atoms with van der Waals surface area (Å²) in [4.78, 5) is 18.8. The van der Waals surface area contributed by atoms with E-state index in [0.29, 0.717) is 19.5 Å². The fourth-order valence-electron chi connectivity index (χ4n) is 1.96. The number of aromatic nitrogens is 2. The lowest BCUT2D eigenvalue weighted by atomic mass is 10.1. The molecule has 0 spiro atoms. The summed E-state index contributed by atoms with van der Waals surface area (Å²) in [7, 11) is 0. The molecule has 1 amide bonds. The highest BCUT2D eigenvalue weighted by molar-refractivity contribution is 5.76. The van der Waals surface area contributed by atoms with Gasteiger partial charge in [-0.25, -0.2) is 4.98 Å². The van der Waals surface area contributed by atoms with E-state index in [1.54, 1.807) is 6.33 Å². The van der Waals surface area contributed by atoms with Crippen molar-refractivity contribution < 1.29 is 4.79 Å². The van der Waals surface area contributed by atoms with E-state index in [0.717, 1.165) is 17.5 Å². The molecule has 1 unspecified atom stereocenters. The van der Waals surface area contributed by atoms with E-state index in [1.807, 2.05) is 19.1 Å². The third kappa shape index (κ3) is 3.79. The van der Waals surface area contributed by atoms with Gasteiger partial charge >= 0.3 is 0 Å². The number of amides is 1. The largest absolute Gasteiger partial charge is 0.356 e. The van der Waals surface area contributed by atoms with Crippen LogP contribution in [0.4, 0.5) is 0 Å². The van der Waals surface area contributed by atoms with Crippen molar-refractivity contribution in [1.29, 1.82) is 0 Å². The predicted octanol–water partition coefficient (Wildman–Crippen LogP) is 1.21. The van der Waals surface area contributed by atoms with Crippen LogP contribution in [0.3, 0.4) is 0 Å². The Morgan fingerprint density at radius 3 is 3.16 bits per heavy atom. The third-order valence-corrected chi connectivity index (χ3v) is 3.16. The first-order valence-corrected chi connectivity index (χ1v) is 6.58. The molecule has 0 aliphatic carbocycles. The molecule has 2 rings (SSSR count). The van der Waals surface area contributed by atoms with Crippen LogP contribution in [0.25, 0.3) is 11.0 Å². The molecule has 1 aromatic heterocycles. The Morgan fingerprint density at radius 1 is 1.53 bits per heavy atom. The second-order valence-corrected chi connectivity index (χ2v) is 4.90. The molecule has 0 saturated heterocycles. The summed E-state index contributed by atoms with van der Waals surface area (Å²) in [6, 6.07) is 6.09. The summed E-state index contributed by atoms with van der Waals surface area (Å²) in [6.45, 7) is 3.17. The number of aromatic amines is 1. The van der Waals surface area contributed by atoms with E-state index in [2.05, 4.69) is 21.4 Å². The molecule has 5 nitrogen and oxygen atoms in total. The zero-order valence-electron chi connectivity index (χ0n) is 11.1. The standard InChI is InChI=1S/C14H20N4O/c1-10(8-15)6-14(19)16-5-4-11-2-3-12-13(7-11)18-9-17-12/h2-3,7,9-10H,4-6,8,15H2,1H3,(H,16,19)(H,17,18). The number of carbonyl (C=O) groups excluding carboxylic acids is 1. The number of carbonyl (C=O) groups is 1. The number of nitrogens with two attached hydrogens (primary N) is 1. The first-order chi connectivity index (χ1) is 9.19. The van der Waals surface area contributed by atoms with E-state index in [9.17, 15) is 4.79 Å². The highest BCUT2D eigenvalue weighted by Crippen LogP contribution is 2.11. The van der Waals surface area contributed by atoms with Crippen LogP contribution in [-0.4, -0.2) is 29.0 Å². The van der Waals surface area contributed by atoms with Gasteiger partial charge in [-0.05, 0) is 36.6 Å². The molecule has 0 saturated carbocycles. The number of nitrogens with zero attached hydrogens (tertiary/aromatic N) is 1. The minimum atomic E-state index is 0.0700. The minimum Gasteiger partial charge on any atom is -0.356 e. The Kier molecular flexibility index (Phi) is 4.52. The van der Waals surface area contributed by atoms with E-state index < -0.39 is 0 Å². The topological polar surface area (TPSA) is 83.8 Å². The van der Waals surface area contributed by atoms with Crippen LogP contribution in [0.2, 0.25) is 0 Å². The van der Waals surface area contributed by atoms with Crippen LogP contribution in [0.5, 0.6) is 0 Å². The zero-order chi connectivity index (χ0) is 13.7. The highest BCUT2D eigenvalue weighted by Gasteiger charge is 2.06. The predicted molar refractivity (Wildman–Crippen MR) is 75.6 cm³/mol. The Morgan fingerprint density at radius 2 is 2.37 bits per heavy atom. The molecule has 0 aliphatic heterocycles. The van der Waals surface area contributed by atoms with Crippen LogP contribution < -0.4 is 11.1 Å². The van der Waals surface area contributed by atoms with Gasteiger partial charge in [-0.2, -0.15) is 0 Å². The Hall–Kier alpha value is -1.88. The van der Waals surface area contributed by atoms with Crippen LogP contribution in [-0.2, 0) is 11.2 Å². The molecule has 1 aromatic carbocycles. The average molecular weight is 260 g/mol. The van der Waals surface area contributed by atoms with Crippen molar-refractivity contribution in [2.45, 2.75) is 19.8 Å². The summed E-state index contributed by atoms with van der Waals surface area (Å²) in [5.74, 6) is 0.307. The van der Waals surface area contributed by atoms with Crippen molar-refractivity contribution in [2.75, 3.05) is 13.1 Å². The molecule has 0 bridgehead atoms. The molecule has 2 aromatic rings. The van der Waals surface area contributed by atoms with Crippen molar-refractivity contribution in [2.24, 2.45) is 11.7 Å². The van der Waals surface area contributed by atoms with Gasteiger partial charge in [0.1, 0.15) is 0 Å². The van der Waals surface area contributed by atoms with Crippen molar-refractivity contribution in [3.05, 3.63) is 30.1 Å². The molecule has 5 heteroatoms. The number of H-pyrrole nitrogens is 1. The van der Waals surface area contributed by atoms with Gasteiger partial charge in [0, 0.05) is 13.0 Å². The SMILES string of the molecule is CC(CN)CC(=O)NCCc1ccc2nc[nH]c2c1. The molecule has 1 heterocycles. The van der Waals surface area contributed by atoms with Gasteiger partial charge < -0.3 is 16.0 Å².